The van der Waals surface area contributed by atoms with Crippen molar-refractivity contribution in [3.05, 3.63) is 64.5 Å². The van der Waals surface area contributed by atoms with Crippen molar-refractivity contribution < 1.29 is 22.5 Å². The van der Waals surface area contributed by atoms with Gasteiger partial charge in [0, 0.05) is 23.8 Å². The number of piperidine rings is 1. The molecule has 1 aromatic heterocycles. The van der Waals surface area contributed by atoms with Crippen LogP contribution in [-0.4, -0.2) is 33.5 Å². The number of aromatic nitrogens is 2. The Labute approximate surface area is 193 Å². The summed E-state index contributed by atoms with van der Waals surface area (Å²) in [5.74, 6) is 0.371. The number of amides is 1. The highest BCUT2D eigenvalue weighted by atomic mass is 35.5. The molecule has 1 N–H and O–H groups in total. The van der Waals surface area contributed by atoms with Gasteiger partial charge in [0.2, 0.25) is 11.7 Å². The van der Waals surface area contributed by atoms with Crippen LogP contribution in [0.25, 0.3) is 11.4 Å². The highest BCUT2D eigenvalue weighted by Gasteiger charge is 2.30. The topological polar surface area (TPSA) is 71.3 Å². The fourth-order valence-corrected chi connectivity index (χ4v) is 4.04. The van der Waals surface area contributed by atoms with Gasteiger partial charge in [0.15, 0.2) is 0 Å². The van der Waals surface area contributed by atoms with Gasteiger partial charge in [-0.25, -0.2) is 0 Å². The lowest BCUT2D eigenvalue weighted by atomic mass is 10.0. The van der Waals surface area contributed by atoms with Gasteiger partial charge in [0.1, 0.15) is 0 Å². The Hall–Kier alpha value is -3.07. The lowest BCUT2D eigenvalue weighted by Crippen LogP contribution is -2.42. The van der Waals surface area contributed by atoms with Gasteiger partial charge in [0.05, 0.1) is 22.7 Å². The van der Waals surface area contributed by atoms with Crippen LogP contribution in [0, 0.1) is 0 Å². The SMILES string of the molecule is C[C@@H]1CCCCN1C(=O)c1ccc(NCc2nc(-c3ccc(C(F)(F)F)cc3)no2)cc1Cl. The number of carbonyl (C=O) groups excluding carboxylic acids is 1. The first-order valence-electron chi connectivity index (χ1n) is 10.6. The maximum atomic E-state index is 12.9. The van der Waals surface area contributed by atoms with Crippen LogP contribution in [0.5, 0.6) is 0 Å². The van der Waals surface area contributed by atoms with Crippen LogP contribution in [0.4, 0.5) is 18.9 Å². The average molecular weight is 479 g/mol. The monoisotopic (exact) mass is 478 g/mol. The van der Waals surface area contributed by atoms with Crippen molar-refractivity contribution in [3.63, 3.8) is 0 Å². The molecule has 10 heteroatoms. The predicted octanol–water partition coefficient (Wildman–Crippen LogP) is 6.04. The van der Waals surface area contributed by atoms with Gasteiger partial charge in [-0.05, 0) is 56.5 Å². The summed E-state index contributed by atoms with van der Waals surface area (Å²) in [7, 11) is 0. The molecule has 3 aromatic rings. The van der Waals surface area contributed by atoms with E-state index in [2.05, 4.69) is 15.5 Å². The minimum atomic E-state index is -4.40. The third-order valence-corrected chi connectivity index (χ3v) is 5.96. The van der Waals surface area contributed by atoms with Gasteiger partial charge in [-0.1, -0.05) is 28.9 Å². The molecule has 33 heavy (non-hydrogen) atoms. The van der Waals surface area contributed by atoms with Gasteiger partial charge in [-0.15, -0.1) is 0 Å². The third-order valence-electron chi connectivity index (χ3n) is 5.65. The van der Waals surface area contributed by atoms with Gasteiger partial charge < -0.3 is 14.7 Å². The molecule has 1 saturated heterocycles. The summed E-state index contributed by atoms with van der Waals surface area (Å²) in [5.41, 5.74) is 0.789. The number of nitrogens with one attached hydrogen (secondary N) is 1. The molecule has 1 atom stereocenters. The number of alkyl halides is 3. The van der Waals surface area contributed by atoms with Gasteiger partial charge >= 0.3 is 6.18 Å². The molecule has 0 unspecified atom stereocenters. The second-order valence-corrected chi connectivity index (χ2v) is 8.39. The van der Waals surface area contributed by atoms with Crippen molar-refractivity contribution in [2.45, 2.75) is 44.9 Å². The number of halogens is 4. The Bertz CT molecular complexity index is 1130. The lowest BCUT2D eigenvalue weighted by molar-refractivity contribution is -0.137. The lowest BCUT2D eigenvalue weighted by Gasteiger charge is -2.33. The van der Waals surface area contributed by atoms with E-state index in [0.29, 0.717) is 21.8 Å². The molecule has 0 aliphatic carbocycles. The first-order valence-corrected chi connectivity index (χ1v) is 10.9. The van der Waals surface area contributed by atoms with E-state index in [-0.39, 0.29) is 30.2 Å². The number of likely N-dealkylation sites (tertiary alicyclic amines) is 1. The van der Waals surface area contributed by atoms with E-state index in [1.807, 2.05) is 11.8 Å². The zero-order chi connectivity index (χ0) is 23.6. The Morgan fingerprint density at radius 1 is 1.21 bits per heavy atom. The van der Waals surface area contributed by atoms with E-state index >= 15 is 0 Å². The molecule has 6 nitrogen and oxygen atoms in total. The number of hydrogen-bond acceptors (Lipinski definition) is 5. The fraction of sp³-hybridized carbons (Fsp3) is 0.348. The quantitative estimate of drug-likeness (QED) is 0.484. The standard InChI is InChI=1S/C23H22ClF3N4O2/c1-14-4-2-3-11-31(14)22(32)18-10-9-17(12-19(18)24)28-13-20-29-21(30-33-20)15-5-7-16(8-6-15)23(25,26)27/h5-10,12,14,28H,2-4,11,13H2,1H3/t14-/m1/s1. The van der Waals surface area contributed by atoms with Crippen LogP contribution >= 0.6 is 11.6 Å². The first kappa shape index (κ1) is 23.1. The number of anilines is 1. The fourth-order valence-electron chi connectivity index (χ4n) is 3.78. The minimum Gasteiger partial charge on any atom is -0.376 e. The van der Waals surface area contributed by atoms with Crippen molar-refractivity contribution >= 4 is 23.2 Å². The predicted molar refractivity (Wildman–Crippen MR) is 118 cm³/mol. The van der Waals surface area contributed by atoms with Crippen LogP contribution in [0.15, 0.2) is 47.0 Å². The molecule has 1 aliphatic heterocycles. The van der Waals surface area contributed by atoms with E-state index in [9.17, 15) is 18.0 Å². The number of rotatable bonds is 5. The second kappa shape index (κ2) is 9.43. The average Bonchev–Trinajstić information content (AvgIpc) is 3.26. The molecule has 0 radical (unpaired) electrons. The molecule has 174 valence electrons. The Morgan fingerprint density at radius 3 is 2.64 bits per heavy atom. The molecule has 1 aliphatic rings. The van der Waals surface area contributed by atoms with Crippen molar-refractivity contribution in [1.29, 1.82) is 0 Å². The zero-order valence-electron chi connectivity index (χ0n) is 17.8. The highest BCUT2D eigenvalue weighted by molar-refractivity contribution is 6.34. The first-order chi connectivity index (χ1) is 15.7. The van der Waals surface area contributed by atoms with E-state index in [4.69, 9.17) is 16.1 Å². The van der Waals surface area contributed by atoms with Crippen LogP contribution in [-0.2, 0) is 12.7 Å². The van der Waals surface area contributed by atoms with Crippen molar-refractivity contribution in [2.75, 3.05) is 11.9 Å². The maximum Gasteiger partial charge on any atom is 0.416 e. The van der Waals surface area contributed by atoms with Crippen LogP contribution in [0.1, 0.15) is 48.0 Å². The zero-order valence-corrected chi connectivity index (χ0v) is 18.6. The summed E-state index contributed by atoms with van der Waals surface area (Å²) in [6.45, 7) is 2.96. The second-order valence-electron chi connectivity index (χ2n) is 7.98. The van der Waals surface area contributed by atoms with Gasteiger partial charge in [-0.3, -0.25) is 4.79 Å². The smallest absolute Gasteiger partial charge is 0.376 e. The molecule has 0 saturated carbocycles. The van der Waals surface area contributed by atoms with E-state index in [1.165, 1.54) is 12.1 Å². The molecule has 0 spiro atoms. The number of carbonyl (C=O) groups is 1. The largest absolute Gasteiger partial charge is 0.416 e. The molecule has 2 aromatic carbocycles. The van der Waals surface area contributed by atoms with E-state index < -0.39 is 11.7 Å². The summed E-state index contributed by atoms with van der Waals surface area (Å²) < 4.78 is 43.3. The number of hydrogen-bond donors (Lipinski definition) is 1. The summed E-state index contributed by atoms with van der Waals surface area (Å²) in [6.07, 6.45) is -1.30. The van der Waals surface area contributed by atoms with Crippen LogP contribution in [0.3, 0.4) is 0 Å². The van der Waals surface area contributed by atoms with E-state index in [0.717, 1.165) is 37.9 Å². The molecule has 2 heterocycles. The highest BCUT2D eigenvalue weighted by Crippen LogP contribution is 2.30. The molecular formula is C23H22ClF3N4O2. The van der Waals surface area contributed by atoms with Crippen molar-refractivity contribution in [1.82, 2.24) is 15.0 Å². The van der Waals surface area contributed by atoms with E-state index in [1.54, 1.807) is 18.2 Å². The van der Waals surface area contributed by atoms with Crippen LogP contribution < -0.4 is 5.32 Å². The third kappa shape index (κ3) is 5.30. The minimum absolute atomic E-state index is 0.0724. The summed E-state index contributed by atoms with van der Waals surface area (Å²) >= 11 is 6.38. The summed E-state index contributed by atoms with van der Waals surface area (Å²) in [6, 6.07) is 9.83. The number of benzene rings is 2. The van der Waals surface area contributed by atoms with Crippen LogP contribution in [0.2, 0.25) is 5.02 Å². The molecular weight excluding hydrogens is 457 g/mol. The Morgan fingerprint density at radius 2 is 1.97 bits per heavy atom. The summed E-state index contributed by atoms with van der Waals surface area (Å²) in [4.78, 5) is 18.9. The van der Waals surface area contributed by atoms with Crippen molar-refractivity contribution in [3.8, 4) is 11.4 Å². The Kier molecular flexibility index (Phi) is 6.60. The van der Waals surface area contributed by atoms with Gasteiger partial charge in [-0.2, -0.15) is 18.2 Å². The van der Waals surface area contributed by atoms with Crippen molar-refractivity contribution in [2.24, 2.45) is 0 Å². The summed E-state index contributed by atoms with van der Waals surface area (Å²) in [5, 5.41) is 7.26. The number of nitrogens with zero attached hydrogens (tertiary/aromatic N) is 3. The molecule has 4 rings (SSSR count). The molecule has 1 fully saturated rings. The molecule has 1 amide bonds. The van der Waals surface area contributed by atoms with Gasteiger partial charge in [0.25, 0.3) is 5.91 Å². The Balaban J connectivity index is 1.39. The normalized spacial score (nSPS) is 16.6. The molecule has 0 bridgehead atoms. The maximum absolute atomic E-state index is 12.9.